The molecule has 1 fully saturated rings. The van der Waals surface area contributed by atoms with Gasteiger partial charge in [0.1, 0.15) is 0 Å². The maximum atomic E-state index is 11.3. The van der Waals surface area contributed by atoms with Gasteiger partial charge in [-0.1, -0.05) is 26.8 Å². The number of aryl methyl sites for hydroxylation is 1. The average molecular weight is 288 g/mol. The van der Waals surface area contributed by atoms with Crippen LogP contribution in [0.2, 0.25) is 0 Å². The summed E-state index contributed by atoms with van der Waals surface area (Å²) in [7, 11) is 0. The average Bonchev–Trinajstić information content (AvgIpc) is 2.30. The molecule has 1 aliphatic rings. The molecular weight excluding hydrogens is 260 g/mol. The standard InChI is InChI=1S/C18H28N2O/c1-12-8-16(11-18(4,5)10-12)20-15-7-6-13(2)17(9-15)19-14(3)21/h6-7,9,12,16,20H,8,10-11H2,1-5H3,(H,19,21). The Kier molecular flexibility index (Phi) is 4.60. The summed E-state index contributed by atoms with van der Waals surface area (Å²) in [5.74, 6) is 0.731. The summed E-state index contributed by atoms with van der Waals surface area (Å²) in [6.07, 6.45) is 3.71. The number of benzene rings is 1. The highest BCUT2D eigenvalue weighted by molar-refractivity contribution is 5.90. The van der Waals surface area contributed by atoms with E-state index in [4.69, 9.17) is 0 Å². The number of amides is 1. The minimum Gasteiger partial charge on any atom is -0.382 e. The van der Waals surface area contributed by atoms with Crippen LogP contribution in [0, 0.1) is 18.3 Å². The van der Waals surface area contributed by atoms with Gasteiger partial charge in [-0.3, -0.25) is 4.79 Å². The highest BCUT2D eigenvalue weighted by Crippen LogP contribution is 2.39. The summed E-state index contributed by atoms with van der Waals surface area (Å²) in [6.45, 7) is 10.6. The zero-order valence-electron chi connectivity index (χ0n) is 13.9. The number of hydrogen-bond donors (Lipinski definition) is 2. The molecule has 1 amide bonds. The zero-order chi connectivity index (χ0) is 15.6. The summed E-state index contributed by atoms with van der Waals surface area (Å²) >= 11 is 0. The first-order valence-corrected chi connectivity index (χ1v) is 7.90. The molecule has 0 heterocycles. The Morgan fingerprint density at radius 3 is 2.62 bits per heavy atom. The van der Waals surface area contributed by atoms with Crippen molar-refractivity contribution in [1.29, 1.82) is 0 Å². The smallest absolute Gasteiger partial charge is 0.221 e. The molecule has 1 aromatic carbocycles. The van der Waals surface area contributed by atoms with Crippen molar-refractivity contribution in [3.63, 3.8) is 0 Å². The van der Waals surface area contributed by atoms with E-state index in [2.05, 4.69) is 43.5 Å². The number of carbonyl (C=O) groups excluding carboxylic acids is 1. The molecule has 1 saturated carbocycles. The van der Waals surface area contributed by atoms with Crippen LogP contribution in [0.15, 0.2) is 18.2 Å². The van der Waals surface area contributed by atoms with Gasteiger partial charge in [0, 0.05) is 24.3 Å². The van der Waals surface area contributed by atoms with Crippen molar-refractivity contribution in [3.8, 4) is 0 Å². The number of anilines is 2. The molecule has 21 heavy (non-hydrogen) atoms. The Hall–Kier alpha value is -1.51. The van der Waals surface area contributed by atoms with Gasteiger partial charge in [-0.05, 0) is 55.2 Å². The fourth-order valence-corrected chi connectivity index (χ4v) is 3.73. The summed E-state index contributed by atoms with van der Waals surface area (Å²) in [5, 5.41) is 6.55. The van der Waals surface area contributed by atoms with E-state index in [-0.39, 0.29) is 5.91 Å². The van der Waals surface area contributed by atoms with Crippen LogP contribution < -0.4 is 10.6 Å². The third-order valence-electron chi connectivity index (χ3n) is 4.31. The summed E-state index contributed by atoms with van der Waals surface area (Å²) in [4.78, 5) is 11.3. The van der Waals surface area contributed by atoms with Crippen molar-refractivity contribution < 1.29 is 4.79 Å². The lowest BCUT2D eigenvalue weighted by Crippen LogP contribution is -2.35. The van der Waals surface area contributed by atoms with Crippen molar-refractivity contribution in [2.45, 2.75) is 59.9 Å². The zero-order valence-corrected chi connectivity index (χ0v) is 13.9. The molecule has 2 N–H and O–H groups in total. The third-order valence-corrected chi connectivity index (χ3v) is 4.31. The van der Waals surface area contributed by atoms with E-state index < -0.39 is 0 Å². The molecule has 0 radical (unpaired) electrons. The largest absolute Gasteiger partial charge is 0.382 e. The second kappa shape index (κ2) is 6.08. The second-order valence-corrected chi connectivity index (χ2v) is 7.47. The van der Waals surface area contributed by atoms with Crippen LogP contribution in [0.4, 0.5) is 11.4 Å². The van der Waals surface area contributed by atoms with Gasteiger partial charge in [0.15, 0.2) is 0 Å². The number of nitrogens with one attached hydrogen (secondary N) is 2. The van der Waals surface area contributed by atoms with E-state index >= 15 is 0 Å². The maximum absolute atomic E-state index is 11.3. The number of rotatable bonds is 3. The van der Waals surface area contributed by atoms with Crippen molar-refractivity contribution in [1.82, 2.24) is 0 Å². The molecule has 2 rings (SSSR count). The van der Waals surface area contributed by atoms with Crippen LogP contribution in [0.3, 0.4) is 0 Å². The Bertz CT molecular complexity index is 522. The first-order valence-electron chi connectivity index (χ1n) is 7.90. The SMILES string of the molecule is CC(=O)Nc1cc(NC2CC(C)CC(C)(C)C2)ccc1C. The fourth-order valence-electron chi connectivity index (χ4n) is 3.73. The van der Waals surface area contributed by atoms with Gasteiger partial charge in [0.05, 0.1) is 0 Å². The number of carbonyl (C=O) groups is 1. The van der Waals surface area contributed by atoms with E-state index in [0.717, 1.165) is 22.9 Å². The van der Waals surface area contributed by atoms with Crippen molar-refractivity contribution >= 4 is 17.3 Å². The number of hydrogen-bond acceptors (Lipinski definition) is 2. The Morgan fingerprint density at radius 2 is 2.00 bits per heavy atom. The lowest BCUT2D eigenvalue weighted by atomic mass is 9.70. The van der Waals surface area contributed by atoms with Gasteiger partial charge in [0.2, 0.25) is 5.91 Å². The molecule has 0 aromatic heterocycles. The highest BCUT2D eigenvalue weighted by Gasteiger charge is 2.31. The molecule has 1 aliphatic carbocycles. The van der Waals surface area contributed by atoms with Gasteiger partial charge in [-0.2, -0.15) is 0 Å². The minimum absolute atomic E-state index is 0.0253. The fraction of sp³-hybridized carbons (Fsp3) is 0.611. The topological polar surface area (TPSA) is 41.1 Å². The second-order valence-electron chi connectivity index (χ2n) is 7.47. The van der Waals surface area contributed by atoms with Crippen molar-refractivity contribution in [2.75, 3.05) is 10.6 Å². The predicted octanol–water partition coefficient (Wildman–Crippen LogP) is 4.58. The third kappa shape index (κ3) is 4.48. The summed E-state index contributed by atoms with van der Waals surface area (Å²) in [6, 6.07) is 6.72. The van der Waals surface area contributed by atoms with E-state index in [1.165, 1.54) is 19.3 Å². The molecule has 0 aliphatic heterocycles. The molecule has 2 atom stereocenters. The normalized spacial score (nSPS) is 24.4. The van der Waals surface area contributed by atoms with Crippen LogP contribution in [-0.2, 0) is 4.79 Å². The van der Waals surface area contributed by atoms with Crippen molar-refractivity contribution in [2.24, 2.45) is 11.3 Å². The molecule has 3 nitrogen and oxygen atoms in total. The lowest BCUT2D eigenvalue weighted by Gasteiger charge is -2.39. The molecule has 3 heteroatoms. The van der Waals surface area contributed by atoms with Crippen LogP contribution in [0.25, 0.3) is 0 Å². The highest BCUT2D eigenvalue weighted by atomic mass is 16.1. The summed E-state index contributed by atoms with van der Waals surface area (Å²) in [5.41, 5.74) is 3.49. The van der Waals surface area contributed by atoms with Gasteiger partial charge in [-0.25, -0.2) is 0 Å². The first kappa shape index (κ1) is 15.9. The molecular formula is C18H28N2O. The van der Waals surface area contributed by atoms with E-state index in [0.29, 0.717) is 11.5 Å². The maximum Gasteiger partial charge on any atom is 0.221 e. The molecule has 1 aromatic rings. The Morgan fingerprint density at radius 1 is 1.29 bits per heavy atom. The lowest BCUT2D eigenvalue weighted by molar-refractivity contribution is -0.114. The molecule has 0 bridgehead atoms. The molecule has 116 valence electrons. The monoisotopic (exact) mass is 288 g/mol. The van der Waals surface area contributed by atoms with Crippen LogP contribution in [0.5, 0.6) is 0 Å². The molecule has 2 unspecified atom stereocenters. The van der Waals surface area contributed by atoms with E-state index in [1.54, 1.807) is 6.92 Å². The van der Waals surface area contributed by atoms with Gasteiger partial charge >= 0.3 is 0 Å². The molecule has 0 spiro atoms. The minimum atomic E-state index is -0.0253. The van der Waals surface area contributed by atoms with Crippen molar-refractivity contribution in [3.05, 3.63) is 23.8 Å². The predicted molar refractivity (Wildman–Crippen MR) is 89.7 cm³/mol. The van der Waals surface area contributed by atoms with Gasteiger partial charge in [-0.15, -0.1) is 0 Å². The van der Waals surface area contributed by atoms with Gasteiger partial charge < -0.3 is 10.6 Å². The molecule has 0 saturated heterocycles. The van der Waals surface area contributed by atoms with Gasteiger partial charge in [0.25, 0.3) is 0 Å². The van der Waals surface area contributed by atoms with Crippen LogP contribution in [0.1, 0.15) is 52.5 Å². The Labute approximate surface area is 128 Å². The van der Waals surface area contributed by atoms with Crippen LogP contribution in [-0.4, -0.2) is 11.9 Å². The van der Waals surface area contributed by atoms with E-state index in [9.17, 15) is 4.79 Å². The Balaban J connectivity index is 2.10. The van der Waals surface area contributed by atoms with E-state index in [1.807, 2.05) is 13.0 Å². The van der Waals surface area contributed by atoms with Crippen LogP contribution >= 0.6 is 0 Å². The first-order chi connectivity index (χ1) is 9.75. The quantitative estimate of drug-likeness (QED) is 0.854. The summed E-state index contributed by atoms with van der Waals surface area (Å²) < 4.78 is 0.